The summed E-state index contributed by atoms with van der Waals surface area (Å²) in [4.78, 5) is 36.9. The molecule has 3 rings (SSSR count). The maximum absolute atomic E-state index is 11.7. The summed E-state index contributed by atoms with van der Waals surface area (Å²) in [5, 5.41) is 1.14. The van der Waals surface area contributed by atoms with Gasteiger partial charge in [0.1, 0.15) is 5.36 Å². The number of hydrogen-bond acceptors (Lipinski definition) is 3. The lowest BCUT2D eigenvalue weighted by atomic mass is 9.93. The molecule has 20 heavy (non-hydrogen) atoms. The second-order valence-corrected chi connectivity index (χ2v) is 4.90. The van der Waals surface area contributed by atoms with Crippen molar-refractivity contribution in [1.29, 1.82) is 0 Å². The molecular weight excluding hydrogens is 256 g/mol. The number of pyridine rings is 1. The SMILES string of the molecule is C=CC(=O)N1CCCC(c2nccc3c2=NC(=O)N=3)C1. The van der Waals surface area contributed by atoms with Crippen LogP contribution in [0.15, 0.2) is 34.9 Å². The molecule has 0 bridgehead atoms. The quantitative estimate of drug-likeness (QED) is 0.727. The molecule has 3 heterocycles. The van der Waals surface area contributed by atoms with Gasteiger partial charge in [0.25, 0.3) is 0 Å². The van der Waals surface area contributed by atoms with Crippen molar-refractivity contribution in [3.8, 4) is 0 Å². The lowest BCUT2D eigenvalue weighted by Gasteiger charge is -2.31. The average Bonchev–Trinajstić information content (AvgIpc) is 2.86. The van der Waals surface area contributed by atoms with Gasteiger partial charge in [-0.3, -0.25) is 9.78 Å². The summed E-state index contributed by atoms with van der Waals surface area (Å²) in [5.41, 5.74) is 0.763. The third-order valence-corrected chi connectivity index (χ3v) is 3.65. The molecule has 1 atom stereocenters. The van der Waals surface area contributed by atoms with Crippen LogP contribution in [0.25, 0.3) is 0 Å². The normalized spacial score (nSPS) is 20.9. The van der Waals surface area contributed by atoms with Crippen LogP contribution < -0.4 is 10.7 Å². The number of likely N-dealkylation sites (tertiary alicyclic amines) is 1. The number of aromatic nitrogens is 1. The lowest BCUT2D eigenvalue weighted by molar-refractivity contribution is -0.127. The molecule has 1 fully saturated rings. The van der Waals surface area contributed by atoms with Gasteiger partial charge in [-0.25, -0.2) is 4.79 Å². The van der Waals surface area contributed by atoms with Gasteiger partial charge in [0.15, 0.2) is 0 Å². The van der Waals surface area contributed by atoms with E-state index < -0.39 is 6.03 Å². The highest BCUT2D eigenvalue weighted by Crippen LogP contribution is 2.23. The molecule has 0 saturated carbocycles. The Morgan fingerprint density at radius 2 is 2.30 bits per heavy atom. The Labute approximate surface area is 115 Å². The number of rotatable bonds is 2. The first kappa shape index (κ1) is 12.7. The molecule has 6 nitrogen and oxygen atoms in total. The van der Waals surface area contributed by atoms with E-state index in [0.29, 0.717) is 17.3 Å². The predicted molar refractivity (Wildman–Crippen MR) is 70.7 cm³/mol. The summed E-state index contributed by atoms with van der Waals surface area (Å²) in [7, 11) is 0. The zero-order chi connectivity index (χ0) is 14.1. The fraction of sp³-hybridized carbons (Fsp3) is 0.357. The summed E-state index contributed by atoms with van der Waals surface area (Å²) in [6.45, 7) is 4.83. The molecule has 1 saturated heterocycles. The maximum Gasteiger partial charge on any atom is 0.368 e. The molecule has 6 heteroatoms. The fourth-order valence-corrected chi connectivity index (χ4v) is 2.72. The molecule has 102 valence electrons. The van der Waals surface area contributed by atoms with Gasteiger partial charge in [-0.1, -0.05) is 6.58 Å². The zero-order valence-electron chi connectivity index (χ0n) is 11.0. The minimum atomic E-state index is -0.482. The van der Waals surface area contributed by atoms with Gasteiger partial charge in [-0.2, -0.15) is 9.98 Å². The molecule has 0 aromatic carbocycles. The van der Waals surface area contributed by atoms with E-state index in [9.17, 15) is 9.59 Å². The van der Waals surface area contributed by atoms with Crippen LogP contribution in [-0.2, 0) is 4.79 Å². The number of piperidine rings is 1. The third-order valence-electron chi connectivity index (χ3n) is 3.65. The van der Waals surface area contributed by atoms with Crippen molar-refractivity contribution in [2.45, 2.75) is 18.8 Å². The molecule has 2 aliphatic rings. The molecule has 0 aliphatic carbocycles. The Balaban J connectivity index is 1.96. The Morgan fingerprint density at radius 1 is 1.45 bits per heavy atom. The zero-order valence-corrected chi connectivity index (χ0v) is 11.0. The first-order valence-corrected chi connectivity index (χ1v) is 6.56. The summed E-state index contributed by atoms with van der Waals surface area (Å²) >= 11 is 0. The van der Waals surface area contributed by atoms with E-state index >= 15 is 0 Å². The second kappa shape index (κ2) is 4.96. The van der Waals surface area contributed by atoms with Crippen LogP contribution in [0.1, 0.15) is 24.5 Å². The number of fused-ring (bicyclic) bond motifs is 1. The minimum Gasteiger partial charge on any atom is -0.339 e. The van der Waals surface area contributed by atoms with E-state index in [4.69, 9.17) is 0 Å². The molecule has 1 aromatic rings. The van der Waals surface area contributed by atoms with Gasteiger partial charge in [0.2, 0.25) is 5.91 Å². The van der Waals surface area contributed by atoms with Crippen molar-refractivity contribution >= 4 is 11.9 Å². The van der Waals surface area contributed by atoms with Crippen LogP contribution in [0.4, 0.5) is 4.79 Å². The second-order valence-electron chi connectivity index (χ2n) is 4.90. The van der Waals surface area contributed by atoms with Crippen LogP contribution in [-0.4, -0.2) is 34.9 Å². The number of urea groups is 1. The molecule has 3 amide bonds. The maximum atomic E-state index is 11.7. The van der Waals surface area contributed by atoms with Crippen molar-refractivity contribution in [1.82, 2.24) is 9.88 Å². The Bertz CT molecular complexity index is 710. The highest BCUT2D eigenvalue weighted by Gasteiger charge is 2.26. The van der Waals surface area contributed by atoms with Crippen LogP contribution in [0.2, 0.25) is 0 Å². The number of carbonyl (C=O) groups excluding carboxylic acids is 2. The molecule has 0 radical (unpaired) electrons. The van der Waals surface area contributed by atoms with Crippen molar-refractivity contribution in [3.05, 3.63) is 41.3 Å². The first-order chi connectivity index (χ1) is 9.69. The van der Waals surface area contributed by atoms with Crippen LogP contribution >= 0.6 is 0 Å². The highest BCUT2D eigenvalue weighted by molar-refractivity contribution is 5.87. The van der Waals surface area contributed by atoms with Crippen LogP contribution in [0.3, 0.4) is 0 Å². The van der Waals surface area contributed by atoms with Gasteiger partial charge in [0, 0.05) is 25.2 Å². The largest absolute Gasteiger partial charge is 0.368 e. The summed E-state index contributed by atoms with van der Waals surface area (Å²) in [5.74, 6) is 0.0208. The Kier molecular flexibility index (Phi) is 3.14. The Morgan fingerprint density at radius 3 is 3.10 bits per heavy atom. The molecule has 1 unspecified atom stereocenters. The average molecular weight is 270 g/mol. The van der Waals surface area contributed by atoms with Crippen molar-refractivity contribution in [2.24, 2.45) is 9.98 Å². The minimum absolute atomic E-state index is 0.0695. The molecule has 2 aliphatic heterocycles. The molecular formula is C14H14N4O2. The Hall–Kier alpha value is -2.37. The van der Waals surface area contributed by atoms with E-state index in [1.807, 2.05) is 0 Å². The number of carbonyl (C=O) groups is 2. The number of hydrogen-bond donors (Lipinski definition) is 0. The van der Waals surface area contributed by atoms with Gasteiger partial charge < -0.3 is 4.90 Å². The van der Waals surface area contributed by atoms with Gasteiger partial charge in [-0.15, -0.1) is 0 Å². The van der Waals surface area contributed by atoms with Crippen molar-refractivity contribution in [3.63, 3.8) is 0 Å². The van der Waals surface area contributed by atoms with Gasteiger partial charge in [0.05, 0.1) is 11.1 Å². The molecule has 0 spiro atoms. The predicted octanol–water partition coefficient (Wildman–Crippen LogP) is 0.346. The van der Waals surface area contributed by atoms with Crippen molar-refractivity contribution in [2.75, 3.05) is 13.1 Å². The number of amides is 3. The first-order valence-electron chi connectivity index (χ1n) is 6.56. The van der Waals surface area contributed by atoms with Crippen LogP contribution in [0, 0.1) is 0 Å². The summed E-state index contributed by atoms with van der Waals surface area (Å²) < 4.78 is 0. The van der Waals surface area contributed by atoms with Crippen LogP contribution in [0.5, 0.6) is 0 Å². The standard InChI is InChI=1S/C14H14N4O2/c1-2-11(19)18-7-3-4-9(8-18)12-13-10(5-6-15-12)16-14(20)17-13/h2,5-6,9H,1,3-4,7-8H2. The summed E-state index contributed by atoms with van der Waals surface area (Å²) in [6.07, 6.45) is 4.79. The van der Waals surface area contributed by atoms with E-state index in [0.717, 1.165) is 25.1 Å². The lowest BCUT2D eigenvalue weighted by Crippen LogP contribution is -2.41. The van der Waals surface area contributed by atoms with Crippen molar-refractivity contribution < 1.29 is 9.59 Å². The third kappa shape index (κ3) is 2.13. The highest BCUT2D eigenvalue weighted by atomic mass is 16.2. The van der Waals surface area contributed by atoms with Gasteiger partial charge >= 0.3 is 6.03 Å². The monoisotopic (exact) mass is 270 g/mol. The summed E-state index contributed by atoms with van der Waals surface area (Å²) in [6, 6.07) is 1.20. The fourth-order valence-electron chi connectivity index (χ4n) is 2.72. The van der Waals surface area contributed by atoms with E-state index in [-0.39, 0.29) is 11.8 Å². The van der Waals surface area contributed by atoms with E-state index in [1.54, 1.807) is 17.2 Å². The molecule has 0 N–H and O–H groups in total. The van der Waals surface area contributed by atoms with E-state index in [2.05, 4.69) is 21.5 Å². The number of nitrogens with zero attached hydrogens (tertiary/aromatic N) is 4. The smallest absolute Gasteiger partial charge is 0.339 e. The topological polar surface area (TPSA) is 75.0 Å². The van der Waals surface area contributed by atoms with Gasteiger partial charge in [-0.05, 0) is 25.0 Å². The van der Waals surface area contributed by atoms with E-state index in [1.165, 1.54) is 6.08 Å². The molecule has 1 aromatic heterocycles.